The number of para-hydroxylation sites is 1. The summed E-state index contributed by atoms with van der Waals surface area (Å²) in [5.74, 6) is 0. The first kappa shape index (κ1) is 31.7. The molecule has 0 amide bonds. The summed E-state index contributed by atoms with van der Waals surface area (Å²) >= 11 is 0. The maximum absolute atomic E-state index is 2.47. The lowest BCUT2D eigenvalue weighted by atomic mass is 9.66. The molecule has 0 saturated heterocycles. The molecule has 1 nitrogen and oxygen atoms in total. The number of nitrogens with zero attached hydrogens (tertiary/aromatic N) is 1. The van der Waals surface area contributed by atoms with Gasteiger partial charge < -0.3 is 4.90 Å². The molecule has 0 atom stereocenters. The first-order chi connectivity index (χ1) is 26.8. The van der Waals surface area contributed by atoms with Crippen molar-refractivity contribution in [3.05, 3.63) is 247 Å². The van der Waals surface area contributed by atoms with Crippen LogP contribution in [0.3, 0.4) is 0 Å². The largest absolute Gasteiger partial charge is 0.310 e. The van der Waals surface area contributed by atoms with E-state index in [0.29, 0.717) is 0 Å². The molecule has 0 radical (unpaired) electrons. The van der Waals surface area contributed by atoms with Gasteiger partial charge in [0.05, 0.1) is 5.41 Å². The minimum atomic E-state index is -0.590. The Balaban J connectivity index is 1.29. The fourth-order valence-electron chi connectivity index (χ4n) is 8.80. The van der Waals surface area contributed by atoms with Gasteiger partial charge in [-0.1, -0.05) is 182 Å². The minimum absolute atomic E-state index is 0.590. The number of rotatable bonds is 7. The van der Waals surface area contributed by atoms with Crippen molar-refractivity contribution in [1.29, 1.82) is 0 Å². The van der Waals surface area contributed by atoms with Crippen LogP contribution in [-0.4, -0.2) is 0 Å². The Hall–Kier alpha value is -6.96. The van der Waals surface area contributed by atoms with E-state index in [-0.39, 0.29) is 0 Å². The zero-order chi connectivity index (χ0) is 35.9. The van der Waals surface area contributed by atoms with Gasteiger partial charge in [0.1, 0.15) is 0 Å². The predicted molar refractivity (Wildman–Crippen MR) is 227 cm³/mol. The van der Waals surface area contributed by atoms with E-state index in [2.05, 4.69) is 229 Å². The van der Waals surface area contributed by atoms with E-state index in [0.717, 1.165) is 17.1 Å². The zero-order valence-corrected chi connectivity index (χ0v) is 29.8. The van der Waals surface area contributed by atoms with Crippen LogP contribution in [0.15, 0.2) is 224 Å². The molecule has 0 saturated carbocycles. The summed E-state index contributed by atoms with van der Waals surface area (Å²) in [4.78, 5) is 2.40. The van der Waals surface area contributed by atoms with Crippen molar-refractivity contribution in [2.24, 2.45) is 0 Å². The highest BCUT2D eigenvalue weighted by molar-refractivity contribution is 6.07. The average molecular weight is 688 g/mol. The molecule has 0 aromatic heterocycles. The van der Waals surface area contributed by atoms with Gasteiger partial charge in [-0.05, 0) is 109 Å². The van der Waals surface area contributed by atoms with Crippen LogP contribution in [0, 0.1) is 0 Å². The summed E-state index contributed by atoms with van der Waals surface area (Å²) in [5, 5.41) is 2.51. The summed E-state index contributed by atoms with van der Waals surface area (Å²) in [6.07, 6.45) is 0. The van der Waals surface area contributed by atoms with Gasteiger partial charge in [0.15, 0.2) is 0 Å². The summed E-state index contributed by atoms with van der Waals surface area (Å²) < 4.78 is 0. The first-order valence-corrected chi connectivity index (χ1v) is 18.7. The maximum atomic E-state index is 2.47. The second-order valence-electron chi connectivity index (χ2n) is 14.1. The van der Waals surface area contributed by atoms with Gasteiger partial charge in [-0.25, -0.2) is 0 Å². The van der Waals surface area contributed by atoms with Gasteiger partial charge in [-0.2, -0.15) is 0 Å². The second kappa shape index (κ2) is 13.2. The highest BCUT2D eigenvalue weighted by atomic mass is 15.1. The van der Waals surface area contributed by atoms with E-state index in [1.165, 1.54) is 66.4 Å². The molecule has 0 heterocycles. The molecule has 54 heavy (non-hydrogen) atoms. The van der Waals surface area contributed by atoms with Crippen molar-refractivity contribution in [3.8, 4) is 33.4 Å². The molecule has 9 aromatic carbocycles. The number of anilines is 3. The first-order valence-electron chi connectivity index (χ1n) is 18.7. The van der Waals surface area contributed by atoms with E-state index in [4.69, 9.17) is 0 Å². The Morgan fingerprint density at radius 1 is 0.333 bits per heavy atom. The quantitative estimate of drug-likeness (QED) is 0.161. The molecule has 0 spiro atoms. The smallest absolute Gasteiger partial charge is 0.0720 e. The molecule has 10 rings (SSSR count). The molecule has 0 N–H and O–H groups in total. The summed E-state index contributed by atoms with van der Waals surface area (Å²) in [6.45, 7) is 0. The average Bonchev–Trinajstić information content (AvgIpc) is 3.57. The van der Waals surface area contributed by atoms with Crippen molar-refractivity contribution in [1.82, 2.24) is 0 Å². The fourth-order valence-corrected chi connectivity index (χ4v) is 8.80. The molecule has 1 aliphatic rings. The van der Waals surface area contributed by atoms with Crippen LogP contribution in [0.1, 0.15) is 22.3 Å². The molecule has 0 fully saturated rings. The van der Waals surface area contributed by atoms with Gasteiger partial charge in [0.25, 0.3) is 0 Å². The van der Waals surface area contributed by atoms with Gasteiger partial charge in [-0.3, -0.25) is 0 Å². The molecule has 0 bridgehead atoms. The van der Waals surface area contributed by atoms with Gasteiger partial charge in [-0.15, -0.1) is 0 Å². The van der Waals surface area contributed by atoms with Crippen LogP contribution in [0.5, 0.6) is 0 Å². The monoisotopic (exact) mass is 687 g/mol. The Bertz CT molecular complexity index is 2680. The molecule has 9 aromatic rings. The Kier molecular flexibility index (Phi) is 7.78. The van der Waals surface area contributed by atoms with Crippen LogP contribution in [0.2, 0.25) is 0 Å². The third-order valence-electron chi connectivity index (χ3n) is 11.1. The lowest BCUT2D eigenvalue weighted by molar-refractivity contribution is 0.775. The molecular formula is C53H37N. The van der Waals surface area contributed by atoms with Crippen LogP contribution < -0.4 is 4.90 Å². The number of hydrogen-bond donors (Lipinski definition) is 0. The van der Waals surface area contributed by atoms with Crippen molar-refractivity contribution in [3.63, 3.8) is 0 Å². The van der Waals surface area contributed by atoms with Gasteiger partial charge >= 0.3 is 0 Å². The Morgan fingerprint density at radius 3 is 1.44 bits per heavy atom. The molecule has 254 valence electrons. The standard InChI is InChI=1S/C53H37N/c1-6-18-38(19-7-1)39-30-32-45(33-31-39)54(44-27-14-5-15-28-44)46-34-35-48-50(37-46)53(42-23-10-3-11-24-42,43-25-12-4-13-26-43)52-47-29-17-16-22-41(47)36-49(51(48)52)40-20-8-2-9-21-40/h1-37H. The zero-order valence-electron chi connectivity index (χ0n) is 29.8. The summed E-state index contributed by atoms with van der Waals surface area (Å²) in [5.41, 5.74) is 15.3. The van der Waals surface area contributed by atoms with Crippen molar-refractivity contribution in [2.75, 3.05) is 4.90 Å². The highest BCUT2D eigenvalue weighted by Gasteiger charge is 2.48. The topological polar surface area (TPSA) is 3.24 Å². The lowest BCUT2D eigenvalue weighted by Crippen LogP contribution is -2.29. The molecule has 0 unspecified atom stereocenters. The normalized spacial score (nSPS) is 12.6. The molecule has 0 aliphatic heterocycles. The maximum Gasteiger partial charge on any atom is 0.0720 e. The minimum Gasteiger partial charge on any atom is -0.310 e. The van der Waals surface area contributed by atoms with Crippen molar-refractivity contribution >= 4 is 27.8 Å². The molecular weight excluding hydrogens is 651 g/mol. The predicted octanol–water partition coefficient (Wildman–Crippen LogP) is 14.0. The van der Waals surface area contributed by atoms with E-state index in [1.807, 2.05) is 0 Å². The van der Waals surface area contributed by atoms with Crippen LogP contribution in [0.4, 0.5) is 17.1 Å². The molecule has 1 heteroatoms. The van der Waals surface area contributed by atoms with E-state index in [1.54, 1.807) is 0 Å². The number of hydrogen-bond acceptors (Lipinski definition) is 1. The second-order valence-corrected chi connectivity index (χ2v) is 14.1. The van der Waals surface area contributed by atoms with E-state index < -0.39 is 5.41 Å². The van der Waals surface area contributed by atoms with Gasteiger partial charge in [0.2, 0.25) is 0 Å². The Morgan fingerprint density at radius 2 is 0.815 bits per heavy atom. The van der Waals surface area contributed by atoms with Crippen molar-refractivity contribution in [2.45, 2.75) is 5.41 Å². The SMILES string of the molecule is c1ccc(-c2ccc(N(c3ccccc3)c3ccc4c(c3)C(c3ccccc3)(c3ccccc3)c3c-4c(-c4ccccc4)cc4ccccc34)cc2)cc1. The molecule has 1 aliphatic carbocycles. The van der Waals surface area contributed by atoms with E-state index in [9.17, 15) is 0 Å². The summed E-state index contributed by atoms with van der Waals surface area (Å²) in [6, 6.07) is 82.0. The van der Waals surface area contributed by atoms with Gasteiger partial charge in [0, 0.05) is 17.1 Å². The van der Waals surface area contributed by atoms with E-state index >= 15 is 0 Å². The third kappa shape index (κ3) is 5.09. The fraction of sp³-hybridized carbons (Fsp3) is 0.0189. The summed E-state index contributed by atoms with van der Waals surface area (Å²) in [7, 11) is 0. The van der Waals surface area contributed by atoms with Crippen LogP contribution >= 0.6 is 0 Å². The highest BCUT2D eigenvalue weighted by Crippen LogP contribution is 2.61. The number of fused-ring (bicyclic) bond motifs is 5. The van der Waals surface area contributed by atoms with Crippen molar-refractivity contribution < 1.29 is 0 Å². The Labute approximate surface area is 317 Å². The lowest BCUT2D eigenvalue weighted by Gasteiger charge is -2.35. The van der Waals surface area contributed by atoms with Crippen LogP contribution in [-0.2, 0) is 5.41 Å². The third-order valence-corrected chi connectivity index (χ3v) is 11.1. The van der Waals surface area contributed by atoms with Crippen LogP contribution in [0.25, 0.3) is 44.2 Å². The number of benzene rings is 9.